The Hall–Kier alpha value is -0.690. The molecule has 0 atom stereocenters. The molecule has 0 unspecified atom stereocenters. The Kier molecular flexibility index (Phi) is 2.40. The van der Waals surface area contributed by atoms with Crippen LogP contribution in [0, 0.1) is 21.0 Å². The van der Waals surface area contributed by atoms with Gasteiger partial charge in [-0.25, -0.2) is 0 Å². The van der Waals surface area contributed by atoms with E-state index in [1.165, 1.54) is 0 Å². The average Bonchev–Trinajstić information content (AvgIpc) is 1.97. The molecular weight excluding hydrogens is 160 g/mol. The van der Waals surface area contributed by atoms with Crippen molar-refractivity contribution >= 4 is 11.6 Å². The molecule has 11 heavy (non-hydrogen) atoms. The first-order chi connectivity index (χ1) is 5.15. The molecular formula is C9H10ClO. The third-order valence-electron chi connectivity index (χ3n) is 1.61. The second kappa shape index (κ2) is 3.14. The fraction of sp³-hybridized carbons (Fsp3) is 0.222. The van der Waals surface area contributed by atoms with Gasteiger partial charge >= 0.3 is 0 Å². The summed E-state index contributed by atoms with van der Waals surface area (Å²) >= 11 is 5.87. The SMILES string of the molecule is [CH2]Oc1cc(C)c(Cl)cc1C. The molecule has 1 aromatic carbocycles. The monoisotopic (exact) mass is 169 g/mol. The summed E-state index contributed by atoms with van der Waals surface area (Å²) in [5.41, 5.74) is 2.02. The van der Waals surface area contributed by atoms with Gasteiger partial charge in [-0.1, -0.05) is 11.6 Å². The van der Waals surface area contributed by atoms with Crippen LogP contribution in [0.4, 0.5) is 0 Å². The maximum absolute atomic E-state index is 5.87. The summed E-state index contributed by atoms with van der Waals surface area (Å²) in [6.07, 6.45) is 0. The van der Waals surface area contributed by atoms with Gasteiger partial charge in [0.1, 0.15) is 12.9 Å². The maximum Gasteiger partial charge on any atom is 0.122 e. The van der Waals surface area contributed by atoms with Gasteiger partial charge in [-0.3, -0.25) is 0 Å². The Labute approximate surface area is 71.9 Å². The van der Waals surface area contributed by atoms with Crippen molar-refractivity contribution in [3.05, 3.63) is 35.4 Å². The van der Waals surface area contributed by atoms with Crippen LogP contribution in [-0.4, -0.2) is 0 Å². The highest BCUT2D eigenvalue weighted by molar-refractivity contribution is 6.31. The van der Waals surface area contributed by atoms with Crippen molar-refractivity contribution in [2.24, 2.45) is 0 Å². The second-order valence-electron chi connectivity index (χ2n) is 2.51. The van der Waals surface area contributed by atoms with Crippen molar-refractivity contribution in [1.29, 1.82) is 0 Å². The smallest absolute Gasteiger partial charge is 0.122 e. The number of hydrogen-bond acceptors (Lipinski definition) is 1. The van der Waals surface area contributed by atoms with Crippen LogP contribution in [-0.2, 0) is 0 Å². The van der Waals surface area contributed by atoms with Crippen molar-refractivity contribution in [3.63, 3.8) is 0 Å². The lowest BCUT2D eigenvalue weighted by Crippen LogP contribution is -1.86. The van der Waals surface area contributed by atoms with Crippen molar-refractivity contribution in [2.45, 2.75) is 13.8 Å². The molecule has 59 valence electrons. The molecule has 0 fully saturated rings. The van der Waals surface area contributed by atoms with E-state index in [0.29, 0.717) is 0 Å². The fourth-order valence-electron chi connectivity index (χ4n) is 0.910. The molecule has 0 aromatic heterocycles. The van der Waals surface area contributed by atoms with Crippen LogP contribution in [0.1, 0.15) is 11.1 Å². The first-order valence-corrected chi connectivity index (χ1v) is 3.71. The quantitative estimate of drug-likeness (QED) is 0.628. The van der Waals surface area contributed by atoms with E-state index in [2.05, 4.69) is 7.11 Å². The molecule has 1 aromatic rings. The summed E-state index contributed by atoms with van der Waals surface area (Å²) in [6.45, 7) is 3.87. The molecule has 0 aliphatic heterocycles. The van der Waals surface area contributed by atoms with E-state index in [4.69, 9.17) is 16.3 Å². The summed E-state index contributed by atoms with van der Waals surface area (Å²) < 4.78 is 4.87. The minimum absolute atomic E-state index is 0.767. The maximum atomic E-state index is 5.87. The first kappa shape index (κ1) is 8.41. The van der Waals surface area contributed by atoms with E-state index in [1.54, 1.807) is 0 Å². The molecule has 1 rings (SSSR count). The number of hydrogen-bond donors (Lipinski definition) is 0. The van der Waals surface area contributed by atoms with Gasteiger partial charge in [-0.2, -0.15) is 0 Å². The van der Waals surface area contributed by atoms with Crippen molar-refractivity contribution < 1.29 is 4.74 Å². The van der Waals surface area contributed by atoms with E-state index < -0.39 is 0 Å². The predicted octanol–water partition coefficient (Wildman–Crippen LogP) is 3.13. The molecule has 0 heterocycles. The zero-order valence-corrected chi connectivity index (χ0v) is 7.40. The molecule has 0 spiro atoms. The number of benzene rings is 1. The van der Waals surface area contributed by atoms with Crippen LogP contribution in [0.2, 0.25) is 5.02 Å². The largest absolute Gasteiger partial charge is 0.490 e. The highest BCUT2D eigenvalue weighted by atomic mass is 35.5. The molecule has 0 N–H and O–H groups in total. The van der Waals surface area contributed by atoms with Crippen LogP contribution in [0.15, 0.2) is 12.1 Å². The van der Waals surface area contributed by atoms with Crippen molar-refractivity contribution in [2.75, 3.05) is 0 Å². The minimum Gasteiger partial charge on any atom is -0.490 e. The lowest BCUT2D eigenvalue weighted by atomic mass is 10.1. The highest BCUT2D eigenvalue weighted by Gasteiger charge is 2.01. The van der Waals surface area contributed by atoms with Gasteiger partial charge in [0.15, 0.2) is 0 Å². The molecule has 0 bridgehead atoms. The summed E-state index contributed by atoms with van der Waals surface area (Å²) in [6, 6.07) is 3.75. The molecule has 0 aliphatic rings. The van der Waals surface area contributed by atoms with Crippen LogP contribution in [0.25, 0.3) is 0 Å². The van der Waals surface area contributed by atoms with Gasteiger partial charge in [0, 0.05) is 5.02 Å². The Morgan fingerprint density at radius 1 is 1.27 bits per heavy atom. The van der Waals surface area contributed by atoms with E-state index in [9.17, 15) is 0 Å². The second-order valence-corrected chi connectivity index (χ2v) is 2.92. The number of ether oxygens (including phenoxy) is 1. The minimum atomic E-state index is 0.767. The fourth-order valence-corrected chi connectivity index (χ4v) is 1.13. The summed E-state index contributed by atoms with van der Waals surface area (Å²) in [4.78, 5) is 0. The molecule has 0 aliphatic carbocycles. The van der Waals surface area contributed by atoms with Gasteiger partial charge in [0.2, 0.25) is 0 Å². The first-order valence-electron chi connectivity index (χ1n) is 3.34. The van der Waals surface area contributed by atoms with E-state index in [0.717, 1.165) is 21.9 Å². The lowest BCUT2D eigenvalue weighted by Gasteiger charge is -2.05. The molecule has 1 nitrogen and oxygen atoms in total. The van der Waals surface area contributed by atoms with Crippen LogP contribution in [0.5, 0.6) is 5.75 Å². The zero-order valence-electron chi connectivity index (χ0n) is 6.65. The van der Waals surface area contributed by atoms with E-state index in [-0.39, 0.29) is 0 Å². The normalized spacial score (nSPS) is 9.82. The zero-order chi connectivity index (χ0) is 8.43. The lowest BCUT2D eigenvalue weighted by molar-refractivity contribution is 0.469. The number of rotatable bonds is 1. The standard InChI is InChI=1S/C9H10ClO/c1-6-5-9(11-3)7(2)4-8(6)10/h4-5H,3H2,1-2H3. The van der Waals surface area contributed by atoms with E-state index in [1.807, 2.05) is 26.0 Å². The number of aryl methyl sites for hydroxylation is 2. The Morgan fingerprint density at radius 2 is 1.91 bits per heavy atom. The molecule has 2 heteroatoms. The van der Waals surface area contributed by atoms with Gasteiger partial charge < -0.3 is 4.74 Å². The molecule has 0 saturated carbocycles. The van der Waals surface area contributed by atoms with Gasteiger partial charge in [0.05, 0.1) is 0 Å². The van der Waals surface area contributed by atoms with Crippen LogP contribution >= 0.6 is 11.6 Å². The molecule has 0 saturated heterocycles. The highest BCUT2D eigenvalue weighted by Crippen LogP contribution is 2.25. The Balaban J connectivity index is 3.21. The Morgan fingerprint density at radius 3 is 2.45 bits per heavy atom. The van der Waals surface area contributed by atoms with Crippen LogP contribution in [0.3, 0.4) is 0 Å². The molecule has 0 amide bonds. The van der Waals surface area contributed by atoms with E-state index >= 15 is 0 Å². The summed E-state index contributed by atoms with van der Waals surface area (Å²) in [5, 5.41) is 0.767. The van der Waals surface area contributed by atoms with Crippen molar-refractivity contribution in [3.8, 4) is 5.75 Å². The summed E-state index contributed by atoms with van der Waals surface area (Å²) in [5.74, 6) is 0.784. The number of halogens is 1. The van der Waals surface area contributed by atoms with Gasteiger partial charge in [-0.05, 0) is 37.1 Å². The average molecular weight is 170 g/mol. The van der Waals surface area contributed by atoms with Crippen molar-refractivity contribution in [1.82, 2.24) is 0 Å². The third-order valence-corrected chi connectivity index (χ3v) is 2.02. The third kappa shape index (κ3) is 1.66. The van der Waals surface area contributed by atoms with Crippen LogP contribution < -0.4 is 4.74 Å². The van der Waals surface area contributed by atoms with Gasteiger partial charge in [-0.15, -0.1) is 0 Å². The predicted molar refractivity (Wildman–Crippen MR) is 46.9 cm³/mol. The Bertz CT molecular complexity index is 269. The topological polar surface area (TPSA) is 9.23 Å². The summed E-state index contributed by atoms with van der Waals surface area (Å²) in [7, 11) is 3.34. The molecule has 1 radical (unpaired) electrons. The van der Waals surface area contributed by atoms with Gasteiger partial charge in [0.25, 0.3) is 0 Å².